The molecular weight excluding hydrogens is 238 g/mol. The van der Waals surface area contributed by atoms with Gasteiger partial charge in [-0.2, -0.15) is 0 Å². The lowest BCUT2D eigenvalue weighted by Crippen LogP contribution is -2.18. The summed E-state index contributed by atoms with van der Waals surface area (Å²) >= 11 is 5.94. The molecule has 0 aliphatic heterocycles. The molecule has 0 aliphatic carbocycles. The highest BCUT2D eigenvalue weighted by molar-refractivity contribution is 6.68. The van der Waals surface area contributed by atoms with Crippen LogP contribution in [0.4, 0.5) is 0 Å². The number of hydrogen-bond acceptors (Lipinski definition) is 3. The van der Waals surface area contributed by atoms with Crippen molar-refractivity contribution < 1.29 is 4.79 Å². The fraction of sp³-hybridized carbons (Fsp3) is 0.417. The van der Waals surface area contributed by atoms with Crippen molar-refractivity contribution in [1.82, 2.24) is 5.32 Å². The van der Waals surface area contributed by atoms with Crippen LogP contribution in [-0.4, -0.2) is 22.8 Å². The molecule has 0 saturated heterocycles. The smallest absolute Gasteiger partial charge is 0.220 e. The molecule has 0 saturated carbocycles. The van der Waals surface area contributed by atoms with Crippen LogP contribution < -0.4 is 5.32 Å². The molecule has 0 aromatic heterocycles. The first-order valence-electron chi connectivity index (χ1n) is 5.21. The van der Waals surface area contributed by atoms with Crippen LogP contribution in [0.5, 0.6) is 0 Å². The van der Waals surface area contributed by atoms with Crippen LogP contribution in [0.15, 0.2) is 34.5 Å². The average molecular weight is 256 g/mol. The number of carbonyl (C=O) groups is 1. The summed E-state index contributed by atoms with van der Waals surface area (Å²) in [7, 11) is 0. The van der Waals surface area contributed by atoms with Gasteiger partial charge in [0.1, 0.15) is 5.17 Å². The summed E-state index contributed by atoms with van der Waals surface area (Å²) in [6.07, 6.45) is 3.06. The zero-order valence-corrected chi connectivity index (χ0v) is 11.4. The van der Waals surface area contributed by atoms with Crippen LogP contribution in [0.25, 0.3) is 0 Å². The summed E-state index contributed by atoms with van der Waals surface area (Å²) in [5.74, 6) is -0.138. The second kappa shape index (κ2) is 7.79. The van der Waals surface area contributed by atoms with E-state index >= 15 is 0 Å². The van der Waals surface area contributed by atoms with Crippen molar-refractivity contribution >= 4 is 28.4 Å². The van der Waals surface area contributed by atoms with E-state index in [1.807, 2.05) is 13.8 Å². The van der Waals surface area contributed by atoms with Gasteiger partial charge in [-0.15, -0.1) is 0 Å². The van der Waals surface area contributed by atoms with Crippen molar-refractivity contribution in [3.05, 3.63) is 24.6 Å². The summed E-state index contributed by atoms with van der Waals surface area (Å²) in [6.45, 7) is 10.4. The monoisotopic (exact) mass is 255 g/mol. The van der Waals surface area contributed by atoms with Gasteiger partial charge in [0.25, 0.3) is 0 Å². The highest BCUT2D eigenvalue weighted by atomic mass is 35.5. The zero-order valence-electron chi connectivity index (χ0n) is 10.6. The third kappa shape index (κ3) is 7.47. The predicted molar refractivity (Wildman–Crippen MR) is 73.6 cm³/mol. The lowest BCUT2D eigenvalue weighted by molar-refractivity contribution is -0.118. The molecule has 5 heteroatoms. The molecule has 1 atom stereocenters. The number of halogens is 1. The van der Waals surface area contributed by atoms with Crippen molar-refractivity contribution in [2.75, 3.05) is 0 Å². The third-order valence-electron chi connectivity index (χ3n) is 1.93. The van der Waals surface area contributed by atoms with E-state index in [2.05, 4.69) is 21.9 Å². The van der Waals surface area contributed by atoms with Crippen LogP contribution in [0.2, 0.25) is 0 Å². The largest absolute Gasteiger partial charge is 0.330 e. The minimum atomic E-state index is -0.138. The average Bonchev–Trinajstić information content (AvgIpc) is 2.15. The molecule has 0 radical (unpaired) electrons. The number of allylic oxidation sites excluding steroid dienone is 2. The summed E-state index contributed by atoms with van der Waals surface area (Å²) < 4.78 is 0. The van der Waals surface area contributed by atoms with Gasteiger partial charge in [-0.1, -0.05) is 18.2 Å². The molecule has 0 rings (SSSR count). The Morgan fingerprint density at radius 2 is 2.00 bits per heavy atom. The van der Waals surface area contributed by atoms with E-state index in [9.17, 15) is 4.79 Å². The Balaban J connectivity index is 4.69. The van der Waals surface area contributed by atoms with E-state index in [4.69, 9.17) is 11.6 Å². The van der Waals surface area contributed by atoms with E-state index in [1.165, 1.54) is 13.1 Å². The van der Waals surface area contributed by atoms with Crippen molar-refractivity contribution in [3.63, 3.8) is 0 Å². The molecular formula is C12H18ClN3O. The van der Waals surface area contributed by atoms with Gasteiger partial charge < -0.3 is 5.32 Å². The standard InChI is InChI=1S/C12H18ClN3O/c1-6-14-9(3)10(4)16-12(13)7-8(2)15-11(5)17/h6-7,10H,1H2,2-5H3,(H,15,17)/b8-7+,14-9-,16-12+. The van der Waals surface area contributed by atoms with Crippen LogP contribution in [0, 0.1) is 0 Å². The van der Waals surface area contributed by atoms with Gasteiger partial charge in [0.15, 0.2) is 0 Å². The maximum absolute atomic E-state index is 10.8. The molecule has 1 unspecified atom stereocenters. The minimum absolute atomic E-state index is 0.123. The first-order chi connectivity index (χ1) is 7.86. The first kappa shape index (κ1) is 15.6. The number of nitrogens with one attached hydrogen (secondary N) is 1. The molecule has 94 valence electrons. The van der Waals surface area contributed by atoms with Gasteiger partial charge in [-0.25, -0.2) is 0 Å². The molecule has 4 nitrogen and oxygen atoms in total. The molecule has 0 spiro atoms. The van der Waals surface area contributed by atoms with Gasteiger partial charge in [0, 0.05) is 24.5 Å². The van der Waals surface area contributed by atoms with Crippen molar-refractivity contribution in [2.24, 2.45) is 9.98 Å². The highest BCUT2D eigenvalue weighted by Crippen LogP contribution is 2.01. The van der Waals surface area contributed by atoms with E-state index in [-0.39, 0.29) is 11.9 Å². The van der Waals surface area contributed by atoms with Gasteiger partial charge in [0.05, 0.1) is 6.04 Å². The van der Waals surface area contributed by atoms with E-state index in [0.717, 1.165) is 5.71 Å². The highest BCUT2D eigenvalue weighted by Gasteiger charge is 2.03. The topological polar surface area (TPSA) is 53.8 Å². The molecule has 1 N–H and O–H groups in total. The van der Waals surface area contributed by atoms with E-state index < -0.39 is 0 Å². The molecule has 0 aliphatic rings. The normalized spacial score (nSPS) is 15.5. The van der Waals surface area contributed by atoms with E-state index in [0.29, 0.717) is 10.9 Å². The number of rotatable bonds is 5. The maximum Gasteiger partial charge on any atom is 0.220 e. The molecule has 0 aromatic carbocycles. The Kier molecular flexibility index (Phi) is 7.14. The van der Waals surface area contributed by atoms with Crippen molar-refractivity contribution in [2.45, 2.75) is 33.7 Å². The van der Waals surface area contributed by atoms with Crippen LogP contribution in [0.3, 0.4) is 0 Å². The van der Waals surface area contributed by atoms with Crippen LogP contribution >= 0.6 is 11.6 Å². The number of carbonyl (C=O) groups excluding carboxylic acids is 1. The van der Waals surface area contributed by atoms with Crippen molar-refractivity contribution in [1.29, 1.82) is 0 Å². The second-order valence-electron chi connectivity index (χ2n) is 3.59. The summed E-state index contributed by atoms with van der Waals surface area (Å²) in [5, 5.41) is 2.93. The first-order valence-corrected chi connectivity index (χ1v) is 5.59. The molecule has 0 fully saturated rings. The van der Waals surface area contributed by atoms with Gasteiger partial charge in [-0.3, -0.25) is 14.8 Å². The fourth-order valence-corrected chi connectivity index (χ4v) is 1.37. The number of amides is 1. The predicted octanol–water partition coefficient (Wildman–Crippen LogP) is 2.66. The van der Waals surface area contributed by atoms with Gasteiger partial charge in [-0.05, 0) is 26.8 Å². The maximum atomic E-state index is 10.8. The minimum Gasteiger partial charge on any atom is -0.330 e. The van der Waals surface area contributed by atoms with Gasteiger partial charge in [0.2, 0.25) is 5.91 Å². The Hall–Kier alpha value is -1.42. The van der Waals surface area contributed by atoms with Gasteiger partial charge >= 0.3 is 0 Å². The summed E-state index contributed by atoms with van der Waals surface area (Å²) in [5.41, 5.74) is 1.47. The fourth-order valence-electron chi connectivity index (χ4n) is 1.06. The Morgan fingerprint density at radius 3 is 2.47 bits per heavy atom. The number of aliphatic imine (C=N–C) groups is 2. The van der Waals surface area contributed by atoms with Crippen molar-refractivity contribution in [3.8, 4) is 0 Å². The number of nitrogens with zero attached hydrogens (tertiary/aromatic N) is 2. The third-order valence-corrected chi connectivity index (χ3v) is 2.13. The van der Waals surface area contributed by atoms with Crippen LogP contribution in [0.1, 0.15) is 27.7 Å². The molecule has 17 heavy (non-hydrogen) atoms. The quantitative estimate of drug-likeness (QED) is 0.755. The second-order valence-corrected chi connectivity index (χ2v) is 3.98. The van der Waals surface area contributed by atoms with E-state index in [1.54, 1.807) is 13.0 Å². The Bertz CT molecular complexity index is 383. The lowest BCUT2D eigenvalue weighted by atomic mass is 10.2. The molecule has 0 bridgehead atoms. The Labute approximate surface area is 107 Å². The van der Waals surface area contributed by atoms with Crippen LogP contribution in [-0.2, 0) is 4.79 Å². The molecule has 0 heterocycles. The number of hydrogen-bond donors (Lipinski definition) is 1. The lowest BCUT2D eigenvalue weighted by Gasteiger charge is -2.05. The zero-order chi connectivity index (χ0) is 13.4. The molecule has 1 amide bonds. The summed E-state index contributed by atoms with van der Waals surface area (Å²) in [6, 6.07) is -0.123. The summed E-state index contributed by atoms with van der Waals surface area (Å²) in [4.78, 5) is 19.0. The SMILES string of the molecule is C=C/N=C(/C)C(C)/N=C(Cl)\C=C(/C)NC(C)=O. The Morgan fingerprint density at radius 1 is 1.41 bits per heavy atom. The molecule has 0 aromatic rings.